The van der Waals surface area contributed by atoms with Gasteiger partial charge in [0.25, 0.3) is 5.56 Å². The fourth-order valence-electron chi connectivity index (χ4n) is 3.63. The quantitative estimate of drug-likeness (QED) is 0.384. The average Bonchev–Trinajstić information content (AvgIpc) is 2.78. The van der Waals surface area contributed by atoms with Crippen LogP contribution >= 0.6 is 11.6 Å². The molecule has 0 saturated carbocycles. The molecule has 0 fully saturated rings. The third-order valence-electron chi connectivity index (χ3n) is 5.48. The third-order valence-corrected chi connectivity index (χ3v) is 5.73. The first-order chi connectivity index (χ1) is 15.3. The van der Waals surface area contributed by atoms with Gasteiger partial charge in [0.05, 0.1) is 5.56 Å². The van der Waals surface area contributed by atoms with Gasteiger partial charge < -0.3 is 9.84 Å². The number of nitrogens with zero attached hydrogens (tertiary/aromatic N) is 3. The van der Waals surface area contributed by atoms with Gasteiger partial charge in [-0.25, -0.2) is 9.79 Å². The van der Waals surface area contributed by atoms with Crippen LogP contribution in [0.2, 0.25) is 5.02 Å². The van der Waals surface area contributed by atoms with Gasteiger partial charge >= 0.3 is 5.69 Å². The number of benzene rings is 1. The van der Waals surface area contributed by atoms with Gasteiger partial charge in [-0.2, -0.15) is 0 Å². The molecule has 1 aromatic heterocycles. The highest BCUT2D eigenvalue weighted by atomic mass is 35.5. The van der Waals surface area contributed by atoms with Crippen LogP contribution in [0.15, 0.2) is 38.8 Å². The molecule has 2 rings (SSSR count). The highest BCUT2D eigenvalue weighted by Gasteiger charge is 2.17. The number of ether oxygens (including phenoxy) is 1. The first-order valence-corrected chi connectivity index (χ1v) is 11.5. The zero-order chi connectivity index (χ0) is 23.7. The van der Waals surface area contributed by atoms with E-state index in [1.54, 1.807) is 14.0 Å². The molecule has 1 aromatic carbocycles. The van der Waals surface area contributed by atoms with Crippen LogP contribution in [0.4, 0.5) is 5.82 Å². The molecule has 0 bridgehead atoms. The van der Waals surface area contributed by atoms with E-state index in [-0.39, 0.29) is 24.6 Å². The van der Waals surface area contributed by atoms with Crippen molar-refractivity contribution in [2.45, 2.75) is 53.0 Å². The van der Waals surface area contributed by atoms with E-state index >= 15 is 0 Å². The molecule has 1 heterocycles. The van der Waals surface area contributed by atoms with Crippen molar-refractivity contribution >= 4 is 23.1 Å². The van der Waals surface area contributed by atoms with Gasteiger partial charge in [0.2, 0.25) is 0 Å². The van der Waals surface area contributed by atoms with E-state index in [1.807, 2.05) is 31.2 Å². The SMILES string of the molecule is CCOCCCC(=Nc1c(C)c(=O)n(CCCO)c(=O)n1C)[C@@H](C)Cc1ccc(Cl)cc1. The Labute approximate surface area is 194 Å². The summed E-state index contributed by atoms with van der Waals surface area (Å²) in [6.45, 7) is 7.14. The molecule has 0 radical (unpaired) electrons. The Morgan fingerprint density at radius 2 is 1.91 bits per heavy atom. The Kier molecular flexibility index (Phi) is 10.4. The molecule has 0 amide bonds. The lowest BCUT2D eigenvalue weighted by atomic mass is 9.93. The zero-order valence-corrected chi connectivity index (χ0v) is 20.2. The average molecular weight is 464 g/mol. The molecule has 0 aliphatic heterocycles. The van der Waals surface area contributed by atoms with Crippen LogP contribution < -0.4 is 11.2 Å². The first kappa shape index (κ1) is 26.0. The predicted octanol–water partition coefficient (Wildman–Crippen LogP) is 3.66. The van der Waals surface area contributed by atoms with Crippen LogP contribution in [0.5, 0.6) is 0 Å². The maximum atomic E-state index is 12.8. The summed E-state index contributed by atoms with van der Waals surface area (Å²) in [4.78, 5) is 30.4. The first-order valence-electron chi connectivity index (χ1n) is 11.1. The lowest BCUT2D eigenvalue weighted by Crippen LogP contribution is -2.40. The summed E-state index contributed by atoms with van der Waals surface area (Å²) < 4.78 is 8.07. The number of hydrogen-bond donors (Lipinski definition) is 1. The van der Waals surface area contributed by atoms with Crippen LogP contribution in [-0.2, 0) is 24.8 Å². The van der Waals surface area contributed by atoms with Crippen LogP contribution in [0, 0.1) is 12.8 Å². The van der Waals surface area contributed by atoms with E-state index in [9.17, 15) is 9.59 Å². The lowest BCUT2D eigenvalue weighted by Gasteiger charge is -2.18. The van der Waals surface area contributed by atoms with E-state index in [0.29, 0.717) is 42.5 Å². The standard InChI is InChI=1S/C24H34ClN3O4/c1-5-32-15-6-8-21(17(2)16-19-9-11-20(25)12-10-19)26-22-18(3)23(30)28(13-7-14-29)24(31)27(22)4/h9-12,17,29H,5-8,13-16H2,1-4H3/t17-/m0/s1. The molecule has 7 nitrogen and oxygen atoms in total. The van der Waals surface area contributed by atoms with Gasteiger partial charge in [-0.3, -0.25) is 13.9 Å². The molecule has 0 spiro atoms. The number of hydrogen-bond acceptors (Lipinski definition) is 5. The fraction of sp³-hybridized carbons (Fsp3) is 0.542. The normalized spacial score (nSPS) is 12.9. The van der Waals surface area contributed by atoms with E-state index in [0.717, 1.165) is 28.7 Å². The van der Waals surface area contributed by atoms with Crippen molar-refractivity contribution in [3.05, 3.63) is 61.3 Å². The summed E-state index contributed by atoms with van der Waals surface area (Å²) in [6.07, 6.45) is 2.62. The van der Waals surface area contributed by atoms with Gasteiger partial charge in [0.1, 0.15) is 5.82 Å². The maximum Gasteiger partial charge on any atom is 0.332 e. The van der Waals surface area contributed by atoms with Gasteiger partial charge in [0, 0.05) is 44.1 Å². The minimum atomic E-state index is -0.424. The molecule has 1 atom stereocenters. The molecule has 176 valence electrons. The molecule has 32 heavy (non-hydrogen) atoms. The fourth-order valence-corrected chi connectivity index (χ4v) is 3.76. The molecular formula is C24H34ClN3O4. The van der Waals surface area contributed by atoms with Crippen molar-refractivity contribution in [2.75, 3.05) is 19.8 Å². The van der Waals surface area contributed by atoms with Gasteiger partial charge in [0.15, 0.2) is 0 Å². The molecule has 8 heteroatoms. The Morgan fingerprint density at radius 1 is 1.22 bits per heavy atom. The van der Waals surface area contributed by atoms with E-state index < -0.39 is 5.69 Å². The monoisotopic (exact) mass is 463 g/mol. The second-order valence-electron chi connectivity index (χ2n) is 7.96. The van der Waals surface area contributed by atoms with Crippen LogP contribution in [0.1, 0.15) is 44.2 Å². The zero-order valence-electron chi connectivity index (χ0n) is 19.4. The minimum Gasteiger partial charge on any atom is -0.396 e. The maximum absolute atomic E-state index is 12.8. The third kappa shape index (κ3) is 6.89. The van der Waals surface area contributed by atoms with Gasteiger partial charge in [-0.15, -0.1) is 0 Å². The molecule has 0 saturated heterocycles. The number of aliphatic hydroxyl groups is 1. The minimum absolute atomic E-state index is 0.0826. The van der Waals surface area contributed by atoms with E-state index in [1.165, 1.54) is 4.57 Å². The molecule has 0 unspecified atom stereocenters. The summed E-state index contributed by atoms with van der Waals surface area (Å²) in [6, 6.07) is 7.74. The number of rotatable bonds is 12. The Bertz CT molecular complexity index is 988. The molecule has 1 N–H and O–H groups in total. The molecule has 0 aliphatic rings. The highest BCUT2D eigenvalue weighted by Crippen LogP contribution is 2.20. The summed E-state index contributed by atoms with van der Waals surface area (Å²) in [5, 5.41) is 9.77. The topological polar surface area (TPSA) is 85.8 Å². The second kappa shape index (κ2) is 12.7. The van der Waals surface area contributed by atoms with Crippen molar-refractivity contribution in [2.24, 2.45) is 18.0 Å². The number of aromatic nitrogens is 2. The number of aliphatic hydroxyl groups excluding tert-OH is 1. The van der Waals surface area contributed by atoms with Crippen LogP contribution in [-0.4, -0.2) is 39.8 Å². The van der Waals surface area contributed by atoms with Crippen molar-refractivity contribution in [3.8, 4) is 0 Å². The summed E-state index contributed by atoms with van der Waals surface area (Å²) in [7, 11) is 1.63. The van der Waals surface area contributed by atoms with Crippen molar-refractivity contribution in [1.82, 2.24) is 9.13 Å². The number of halogens is 1. The van der Waals surface area contributed by atoms with Crippen molar-refractivity contribution in [3.63, 3.8) is 0 Å². The highest BCUT2D eigenvalue weighted by molar-refractivity contribution is 6.30. The van der Waals surface area contributed by atoms with Crippen LogP contribution in [0.25, 0.3) is 0 Å². The second-order valence-corrected chi connectivity index (χ2v) is 8.40. The largest absolute Gasteiger partial charge is 0.396 e. The predicted molar refractivity (Wildman–Crippen MR) is 130 cm³/mol. The summed E-state index contributed by atoms with van der Waals surface area (Å²) in [5.41, 5.74) is 1.70. The smallest absolute Gasteiger partial charge is 0.332 e. The van der Waals surface area contributed by atoms with Crippen molar-refractivity contribution in [1.29, 1.82) is 0 Å². The van der Waals surface area contributed by atoms with Gasteiger partial charge in [-0.1, -0.05) is 30.7 Å². The lowest BCUT2D eigenvalue weighted by molar-refractivity contribution is 0.146. The molecular weight excluding hydrogens is 430 g/mol. The molecule has 2 aromatic rings. The summed E-state index contributed by atoms with van der Waals surface area (Å²) in [5.74, 6) is 0.485. The Morgan fingerprint density at radius 3 is 2.53 bits per heavy atom. The van der Waals surface area contributed by atoms with Crippen LogP contribution in [0.3, 0.4) is 0 Å². The Hall–Kier alpha value is -2.22. The number of aliphatic imine (C=N–C) groups is 1. The van der Waals surface area contributed by atoms with E-state index in [2.05, 4.69) is 6.92 Å². The molecule has 0 aliphatic carbocycles. The Balaban J connectivity index is 2.43. The van der Waals surface area contributed by atoms with E-state index in [4.69, 9.17) is 26.4 Å². The summed E-state index contributed by atoms with van der Waals surface area (Å²) >= 11 is 6.01. The van der Waals surface area contributed by atoms with Gasteiger partial charge in [-0.05, 0) is 63.1 Å². The van der Waals surface area contributed by atoms with Crippen molar-refractivity contribution < 1.29 is 9.84 Å².